The molecule has 2 aromatic rings. The van der Waals surface area contributed by atoms with Crippen molar-refractivity contribution in [3.8, 4) is 0 Å². The van der Waals surface area contributed by atoms with Crippen molar-refractivity contribution in [2.75, 3.05) is 6.26 Å². The summed E-state index contributed by atoms with van der Waals surface area (Å²) in [5.74, 6) is 0. The van der Waals surface area contributed by atoms with Gasteiger partial charge in [0.2, 0.25) is 10.0 Å². The van der Waals surface area contributed by atoms with E-state index in [1.165, 1.54) is 18.5 Å². The number of aromatic nitrogens is 3. The molecule has 0 aliphatic heterocycles. The normalized spacial score (nSPS) is 12.1. The van der Waals surface area contributed by atoms with Gasteiger partial charge < -0.3 is 4.98 Å². The highest BCUT2D eigenvalue weighted by molar-refractivity contribution is 7.89. The van der Waals surface area contributed by atoms with Crippen LogP contribution in [-0.4, -0.2) is 28.6 Å². The van der Waals surface area contributed by atoms with E-state index in [2.05, 4.69) is 9.97 Å². The lowest BCUT2D eigenvalue weighted by atomic mass is 10.4. The Hall–Kier alpha value is -1.63. The van der Waals surface area contributed by atoms with E-state index in [4.69, 9.17) is 0 Å². The number of hydrogen-bond donors (Lipinski definition) is 1. The molecule has 0 unspecified atom stereocenters. The first-order valence-corrected chi connectivity index (χ1v) is 5.60. The van der Waals surface area contributed by atoms with Crippen LogP contribution in [0.1, 0.15) is 0 Å². The molecule has 2 rings (SSSR count). The highest BCUT2D eigenvalue weighted by Gasteiger charge is 2.14. The van der Waals surface area contributed by atoms with Crippen LogP contribution >= 0.6 is 0 Å². The average molecular weight is 213 g/mol. The number of pyridine rings is 1. The van der Waals surface area contributed by atoms with Crippen molar-refractivity contribution in [3.63, 3.8) is 0 Å². The molecule has 0 fully saturated rings. The first-order valence-electron chi connectivity index (χ1n) is 3.75. The van der Waals surface area contributed by atoms with E-state index < -0.39 is 15.7 Å². The lowest BCUT2D eigenvalue weighted by Crippen LogP contribution is -2.23. The van der Waals surface area contributed by atoms with Gasteiger partial charge in [-0.1, -0.05) is 0 Å². The Labute approximate surface area is 79.3 Å². The van der Waals surface area contributed by atoms with Crippen LogP contribution in [0.5, 0.6) is 0 Å². The number of aromatic amines is 1. The molecule has 2 heterocycles. The number of rotatable bonds is 1. The smallest absolute Gasteiger partial charge is 0.303 e. The van der Waals surface area contributed by atoms with Crippen LogP contribution in [0.15, 0.2) is 23.3 Å². The summed E-state index contributed by atoms with van der Waals surface area (Å²) in [7, 11) is -3.57. The standard InChI is InChI=1S/C7H7N3O3S/c1-14(12,13)10-6-2-3-8-4-5(6)9-7(10)11/h2-4H,1H3,(H,9,11). The molecular formula is C7H7N3O3S. The van der Waals surface area contributed by atoms with Gasteiger partial charge in [0.25, 0.3) is 0 Å². The van der Waals surface area contributed by atoms with Gasteiger partial charge in [0, 0.05) is 6.20 Å². The molecule has 0 aliphatic carbocycles. The Bertz CT molecular complexity index is 637. The van der Waals surface area contributed by atoms with Gasteiger partial charge in [0.1, 0.15) is 0 Å². The molecule has 0 radical (unpaired) electrons. The quantitative estimate of drug-likeness (QED) is 0.694. The van der Waals surface area contributed by atoms with E-state index in [9.17, 15) is 13.2 Å². The van der Waals surface area contributed by atoms with Crippen LogP contribution in [0.2, 0.25) is 0 Å². The zero-order valence-electron chi connectivity index (χ0n) is 7.26. The minimum Gasteiger partial charge on any atom is -0.303 e. The topological polar surface area (TPSA) is 84.8 Å². The predicted molar refractivity (Wildman–Crippen MR) is 50.6 cm³/mol. The van der Waals surface area contributed by atoms with Crippen LogP contribution in [0.3, 0.4) is 0 Å². The number of nitrogens with one attached hydrogen (secondary N) is 1. The highest BCUT2D eigenvalue weighted by atomic mass is 32.2. The molecular weight excluding hydrogens is 206 g/mol. The van der Waals surface area contributed by atoms with E-state index in [0.29, 0.717) is 15.0 Å². The van der Waals surface area contributed by atoms with Gasteiger partial charge in [-0.15, -0.1) is 0 Å². The summed E-state index contributed by atoms with van der Waals surface area (Å²) in [5, 5.41) is 0. The summed E-state index contributed by atoms with van der Waals surface area (Å²) in [5.41, 5.74) is 0.0472. The molecule has 6 nitrogen and oxygen atoms in total. The molecule has 1 N–H and O–H groups in total. The molecule has 0 atom stereocenters. The summed E-state index contributed by atoms with van der Waals surface area (Å²) in [4.78, 5) is 17.5. The van der Waals surface area contributed by atoms with Gasteiger partial charge in [0.05, 0.1) is 23.5 Å². The van der Waals surface area contributed by atoms with Crippen molar-refractivity contribution in [3.05, 3.63) is 28.9 Å². The molecule has 0 saturated carbocycles. The van der Waals surface area contributed by atoms with Gasteiger partial charge in [-0.25, -0.2) is 13.2 Å². The van der Waals surface area contributed by atoms with Crippen molar-refractivity contribution in [1.29, 1.82) is 0 Å². The van der Waals surface area contributed by atoms with E-state index in [1.54, 1.807) is 0 Å². The Morgan fingerprint density at radius 1 is 1.50 bits per heavy atom. The molecule has 0 saturated heterocycles. The van der Waals surface area contributed by atoms with E-state index in [0.717, 1.165) is 6.26 Å². The van der Waals surface area contributed by atoms with Gasteiger partial charge in [0.15, 0.2) is 0 Å². The first kappa shape index (κ1) is 8.95. The second-order valence-electron chi connectivity index (χ2n) is 2.85. The Balaban J connectivity index is 3.03. The zero-order chi connectivity index (χ0) is 10.3. The van der Waals surface area contributed by atoms with Crippen LogP contribution in [0, 0.1) is 0 Å². The van der Waals surface area contributed by atoms with Crippen molar-refractivity contribution >= 4 is 21.1 Å². The summed E-state index contributed by atoms with van der Waals surface area (Å²) in [6, 6.07) is 1.47. The number of hydrogen-bond acceptors (Lipinski definition) is 4. The zero-order valence-corrected chi connectivity index (χ0v) is 8.08. The van der Waals surface area contributed by atoms with Crippen molar-refractivity contribution in [1.82, 2.24) is 13.9 Å². The Kier molecular flexibility index (Phi) is 1.71. The number of nitrogens with zero attached hydrogens (tertiary/aromatic N) is 2. The van der Waals surface area contributed by atoms with Gasteiger partial charge in [-0.05, 0) is 6.07 Å². The van der Waals surface area contributed by atoms with Crippen LogP contribution < -0.4 is 5.69 Å². The minimum atomic E-state index is -3.57. The third-order valence-corrected chi connectivity index (χ3v) is 2.80. The van der Waals surface area contributed by atoms with Crippen molar-refractivity contribution < 1.29 is 8.42 Å². The fourth-order valence-corrected chi connectivity index (χ4v) is 2.13. The third kappa shape index (κ3) is 1.22. The molecule has 0 spiro atoms. The molecule has 0 amide bonds. The van der Waals surface area contributed by atoms with E-state index >= 15 is 0 Å². The minimum absolute atomic E-state index is 0.313. The maximum Gasteiger partial charge on any atom is 0.340 e. The fourth-order valence-electron chi connectivity index (χ4n) is 1.27. The second kappa shape index (κ2) is 2.68. The lowest BCUT2D eigenvalue weighted by Gasteiger charge is -1.97. The number of fused-ring (bicyclic) bond motifs is 1. The number of imidazole rings is 1. The maximum absolute atomic E-state index is 11.3. The summed E-state index contributed by atoms with van der Waals surface area (Å²) in [6.45, 7) is 0. The fraction of sp³-hybridized carbons (Fsp3) is 0.143. The molecule has 74 valence electrons. The molecule has 0 aromatic carbocycles. The Morgan fingerprint density at radius 2 is 2.21 bits per heavy atom. The second-order valence-corrected chi connectivity index (χ2v) is 4.68. The van der Waals surface area contributed by atoms with Crippen LogP contribution in [0.4, 0.5) is 0 Å². The average Bonchev–Trinajstić information content (AvgIpc) is 2.38. The van der Waals surface area contributed by atoms with E-state index in [-0.39, 0.29) is 0 Å². The summed E-state index contributed by atoms with van der Waals surface area (Å²) >= 11 is 0. The third-order valence-electron chi connectivity index (χ3n) is 1.77. The first-order chi connectivity index (χ1) is 6.50. The van der Waals surface area contributed by atoms with Gasteiger partial charge in [-0.2, -0.15) is 3.97 Å². The molecule has 2 aromatic heterocycles. The molecule has 7 heteroatoms. The number of H-pyrrole nitrogens is 1. The maximum atomic E-state index is 11.3. The predicted octanol–water partition coefficient (Wildman–Crippen LogP) is -0.468. The molecule has 14 heavy (non-hydrogen) atoms. The highest BCUT2D eigenvalue weighted by Crippen LogP contribution is 2.08. The van der Waals surface area contributed by atoms with Gasteiger partial charge in [-0.3, -0.25) is 4.98 Å². The van der Waals surface area contributed by atoms with Gasteiger partial charge >= 0.3 is 5.69 Å². The largest absolute Gasteiger partial charge is 0.340 e. The van der Waals surface area contributed by atoms with Crippen molar-refractivity contribution in [2.45, 2.75) is 0 Å². The summed E-state index contributed by atoms with van der Waals surface area (Å²) < 4.78 is 23.2. The van der Waals surface area contributed by atoms with Crippen LogP contribution in [-0.2, 0) is 10.0 Å². The monoisotopic (exact) mass is 213 g/mol. The van der Waals surface area contributed by atoms with Crippen molar-refractivity contribution in [2.24, 2.45) is 0 Å². The SMILES string of the molecule is CS(=O)(=O)n1c(=O)[nH]c2cnccc21. The van der Waals surface area contributed by atoms with Crippen LogP contribution in [0.25, 0.3) is 11.0 Å². The van der Waals surface area contributed by atoms with E-state index in [1.807, 2.05) is 0 Å². The lowest BCUT2D eigenvalue weighted by molar-refractivity contribution is 0.593. The summed E-state index contributed by atoms with van der Waals surface area (Å²) in [6.07, 6.45) is 3.80. The molecule has 0 aliphatic rings. The molecule has 0 bridgehead atoms. The Morgan fingerprint density at radius 3 is 2.86 bits per heavy atom.